The van der Waals surface area contributed by atoms with E-state index in [1.807, 2.05) is 26.2 Å². The lowest BCUT2D eigenvalue weighted by Gasteiger charge is -2.09. The van der Waals surface area contributed by atoms with Gasteiger partial charge < -0.3 is 15.5 Å². The molecule has 1 amide bonds. The van der Waals surface area contributed by atoms with E-state index in [1.165, 1.54) is 0 Å². The van der Waals surface area contributed by atoms with Crippen molar-refractivity contribution in [2.45, 2.75) is 12.8 Å². The Morgan fingerprint density at radius 1 is 1.33 bits per heavy atom. The highest BCUT2D eigenvalue weighted by Crippen LogP contribution is 2.03. The van der Waals surface area contributed by atoms with Crippen LogP contribution < -0.4 is 10.6 Å². The van der Waals surface area contributed by atoms with Gasteiger partial charge in [-0.2, -0.15) is 0 Å². The fourth-order valence-electron chi connectivity index (χ4n) is 1.55. The second-order valence-corrected chi connectivity index (χ2v) is 4.42. The molecule has 1 aromatic rings. The summed E-state index contributed by atoms with van der Waals surface area (Å²) in [5.74, 6) is 0.590. The maximum absolute atomic E-state index is 11.8. The maximum atomic E-state index is 11.8. The molecule has 18 heavy (non-hydrogen) atoms. The molecule has 100 valence electrons. The molecule has 0 aliphatic rings. The number of carbonyl (C=O) groups excluding carboxylic acids is 1. The maximum Gasteiger partial charge on any atom is 0.269 e. The smallest absolute Gasteiger partial charge is 0.269 e. The van der Waals surface area contributed by atoms with Gasteiger partial charge >= 0.3 is 0 Å². The van der Waals surface area contributed by atoms with E-state index in [4.69, 9.17) is 0 Å². The first kappa shape index (κ1) is 14.4. The van der Waals surface area contributed by atoms with Gasteiger partial charge in [0.05, 0.1) is 0 Å². The Morgan fingerprint density at radius 3 is 2.78 bits per heavy atom. The number of carbonyl (C=O) groups is 1. The Labute approximate surface area is 109 Å². The van der Waals surface area contributed by atoms with Crippen molar-refractivity contribution in [2.24, 2.45) is 0 Å². The number of anilines is 1. The van der Waals surface area contributed by atoms with Crippen LogP contribution in [-0.4, -0.2) is 50.0 Å². The van der Waals surface area contributed by atoms with Crippen molar-refractivity contribution in [1.29, 1.82) is 0 Å². The molecule has 0 bridgehead atoms. The lowest BCUT2D eigenvalue weighted by atomic mass is 10.3. The topological polar surface area (TPSA) is 57.3 Å². The summed E-state index contributed by atoms with van der Waals surface area (Å²) in [5.41, 5.74) is 0.453. The van der Waals surface area contributed by atoms with Crippen molar-refractivity contribution >= 4 is 11.7 Å². The van der Waals surface area contributed by atoms with Gasteiger partial charge in [0.1, 0.15) is 11.5 Å². The van der Waals surface area contributed by atoms with Gasteiger partial charge in [0.15, 0.2) is 0 Å². The van der Waals surface area contributed by atoms with Gasteiger partial charge in [-0.25, -0.2) is 4.98 Å². The summed E-state index contributed by atoms with van der Waals surface area (Å²) in [5, 5.41) is 5.79. The van der Waals surface area contributed by atoms with Crippen molar-refractivity contribution < 1.29 is 4.79 Å². The molecule has 0 aliphatic heterocycles. The molecule has 0 saturated heterocycles. The van der Waals surface area contributed by atoms with Crippen molar-refractivity contribution in [1.82, 2.24) is 15.2 Å². The van der Waals surface area contributed by atoms with Crippen molar-refractivity contribution in [2.75, 3.05) is 39.5 Å². The van der Waals surface area contributed by atoms with Crippen molar-refractivity contribution in [3.05, 3.63) is 23.9 Å². The lowest BCUT2D eigenvalue weighted by molar-refractivity contribution is 0.0948. The molecule has 5 nitrogen and oxygen atoms in total. The second-order valence-electron chi connectivity index (χ2n) is 4.42. The number of amides is 1. The molecule has 0 saturated carbocycles. The molecule has 5 heteroatoms. The number of rotatable bonds is 7. The fourth-order valence-corrected chi connectivity index (χ4v) is 1.55. The van der Waals surface area contributed by atoms with E-state index < -0.39 is 0 Å². The SMILES string of the molecule is CNc1cccc(C(=O)NCCCCN(C)C)n1. The average molecular weight is 250 g/mol. The van der Waals surface area contributed by atoms with Gasteiger partial charge in [-0.15, -0.1) is 0 Å². The van der Waals surface area contributed by atoms with Crippen LogP contribution in [0.4, 0.5) is 5.82 Å². The number of nitrogens with one attached hydrogen (secondary N) is 2. The summed E-state index contributed by atoms with van der Waals surface area (Å²) in [6.07, 6.45) is 2.06. The van der Waals surface area contributed by atoms with Gasteiger partial charge in [-0.3, -0.25) is 4.79 Å². The van der Waals surface area contributed by atoms with E-state index in [2.05, 4.69) is 20.5 Å². The van der Waals surface area contributed by atoms with Crippen LogP contribution in [0.2, 0.25) is 0 Å². The second kappa shape index (κ2) is 7.66. The van der Waals surface area contributed by atoms with Crippen LogP contribution in [0.1, 0.15) is 23.3 Å². The molecule has 1 aromatic heterocycles. The predicted molar refractivity (Wildman–Crippen MR) is 73.9 cm³/mol. The fraction of sp³-hybridized carbons (Fsp3) is 0.538. The van der Waals surface area contributed by atoms with Gasteiger partial charge in [-0.05, 0) is 45.6 Å². The van der Waals surface area contributed by atoms with Crippen LogP contribution in [0.3, 0.4) is 0 Å². The molecule has 1 heterocycles. The van der Waals surface area contributed by atoms with Gasteiger partial charge in [0, 0.05) is 13.6 Å². The summed E-state index contributed by atoms with van der Waals surface area (Å²) in [4.78, 5) is 18.1. The molecule has 0 aromatic carbocycles. The quantitative estimate of drug-likeness (QED) is 0.714. The molecular formula is C13H22N4O. The summed E-state index contributed by atoms with van der Waals surface area (Å²) >= 11 is 0. The number of hydrogen-bond acceptors (Lipinski definition) is 4. The molecular weight excluding hydrogens is 228 g/mol. The van der Waals surface area contributed by atoms with Crippen LogP contribution in [0.5, 0.6) is 0 Å². The van der Waals surface area contributed by atoms with E-state index >= 15 is 0 Å². The first-order valence-electron chi connectivity index (χ1n) is 6.21. The highest BCUT2D eigenvalue weighted by molar-refractivity contribution is 5.92. The standard InChI is InChI=1S/C13H22N4O/c1-14-12-8-6-7-11(16-12)13(18)15-9-4-5-10-17(2)3/h6-8H,4-5,9-10H2,1-3H3,(H,14,16)(H,15,18). The first-order valence-corrected chi connectivity index (χ1v) is 6.21. The third-order valence-electron chi connectivity index (χ3n) is 2.56. The summed E-state index contributed by atoms with van der Waals surface area (Å²) in [6, 6.07) is 5.36. The third-order valence-corrected chi connectivity index (χ3v) is 2.56. The van der Waals surface area contributed by atoms with Gasteiger partial charge in [0.25, 0.3) is 5.91 Å². The molecule has 0 radical (unpaired) electrons. The summed E-state index contributed by atoms with van der Waals surface area (Å²) in [7, 11) is 5.88. The number of aromatic nitrogens is 1. The first-order chi connectivity index (χ1) is 8.63. The molecule has 0 spiro atoms. The third kappa shape index (κ3) is 5.14. The minimum atomic E-state index is -0.114. The Balaban J connectivity index is 2.31. The van der Waals surface area contributed by atoms with Crippen LogP contribution in [0.25, 0.3) is 0 Å². The van der Waals surface area contributed by atoms with Crippen molar-refractivity contribution in [3.8, 4) is 0 Å². The summed E-state index contributed by atoms with van der Waals surface area (Å²) in [6.45, 7) is 1.74. The highest BCUT2D eigenvalue weighted by Gasteiger charge is 2.06. The molecule has 0 atom stereocenters. The predicted octanol–water partition coefficient (Wildman–Crippen LogP) is 1.19. The zero-order valence-electron chi connectivity index (χ0n) is 11.4. The van der Waals surface area contributed by atoms with E-state index in [1.54, 1.807) is 13.1 Å². The Morgan fingerprint density at radius 2 is 2.11 bits per heavy atom. The van der Waals surface area contributed by atoms with Gasteiger partial charge in [-0.1, -0.05) is 6.07 Å². The zero-order chi connectivity index (χ0) is 13.4. The van der Waals surface area contributed by atoms with Crippen LogP contribution in [0, 0.1) is 0 Å². The molecule has 2 N–H and O–H groups in total. The minimum absolute atomic E-state index is 0.114. The van der Waals surface area contributed by atoms with Gasteiger partial charge in [0.2, 0.25) is 0 Å². The van der Waals surface area contributed by atoms with Crippen molar-refractivity contribution in [3.63, 3.8) is 0 Å². The molecule has 0 unspecified atom stereocenters. The Bertz CT molecular complexity index is 379. The van der Waals surface area contributed by atoms with E-state index in [-0.39, 0.29) is 5.91 Å². The Kier molecular flexibility index (Phi) is 6.14. The normalized spacial score (nSPS) is 10.4. The van der Waals surface area contributed by atoms with Crippen LogP contribution in [0.15, 0.2) is 18.2 Å². The van der Waals surface area contributed by atoms with E-state index in [9.17, 15) is 4.79 Å². The number of nitrogens with zero attached hydrogens (tertiary/aromatic N) is 2. The van der Waals surface area contributed by atoms with E-state index in [0.29, 0.717) is 18.1 Å². The monoisotopic (exact) mass is 250 g/mol. The number of pyridine rings is 1. The van der Waals surface area contributed by atoms with Crippen LogP contribution >= 0.6 is 0 Å². The lowest BCUT2D eigenvalue weighted by Crippen LogP contribution is -2.26. The molecule has 0 fully saturated rings. The zero-order valence-corrected chi connectivity index (χ0v) is 11.4. The highest BCUT2D eigenvalue weighted by atomic mass is 16.1. The summed E-state index contributed by atoms with van der Waals surface area (Å²) < 4.78 is 0. The minimum Gasteiger partial charge on any atom is -0.373 e. The molecule has 1 rings (SSSR count). The van der Waals surface area contributed by atoms with Crippen LogP contribution in [-0.2, 0) is 0 Å². The average Bonchev–Trinajstić information content (AvgIpc) is 2.37. The molecule has 0 aliphatic carbocycles. The van der Waals surface area contributed by atoms with E-state index in [0.717, 1.165) is 19.4 Å². The number of unbranched alkanes of at least 4 members (excludes halogenated alkanes) is 1. The Hall–Kier alpha value is -1.62. The number of hydrogen-bond donors (Lipinski definition) is 2. The largest absolute Gasteiger partial charge is 0.373 e.